The first-order valence-corrected chi connectivity index (χ1v) is 5.00. The van der Waals surface area contributed by atoms with Gasteiger partial charge >= 0.3 is 12.1 Å². The lowest BCUT2D eigenvalue weighted by molar-refractivity contribution is -0.139. The highest BCUT2D eigenvalue weighted by Gasteiger charge is 2.44. The summed E-state index contributed by atoms with van der Waals surface area (Å²) in [5, 5.41) is 0. The van der Waals surface area contributed by atoms with Crippen molar-refractivity contribution in [2.75, 3.05) is 6.61 Å². The molecule has 17 heavy (non-hydrogen) atoms. The van der Waals surface area contributed by atoms with Crippen LogP contribution in [-0.4, -0.2) is 12.6 Å². The lowest BCUT2D eigenvalue weighted by Crippen LogP contribution is -2.13. The highest BCUT2D eigenvalue weighted by molar-refractivity contribution is 5.94. The second-order valence-electron chi connectivity index (χ2n) is 3.95. The standard InChI is InChI=1S/C11H7F3O3/c12-11(13,14)9-6(8-4-16-8)2-1-5-7(9)3-17-10(5)15/h1-2,8H,3-4H2/t8-/m1/s1. The van der Waals surface area contributed by atoms with E-state index >= 15 is 0 Å². The SMILES string of the molecule is O=C1OCc2c1ccc([C@H]1CO1)c2C(F)(F)F. The Balaban J connectivity index is 2.23. The molecule has 0 amide bonds. The van der Waals surface area contributed by atoms with Crippen LogP contribution in [0.2, 0.25) is 0 Å². The van der Waals surface area contributed by atoms with Gasteiger partial charge in [0.25, 0.3) is 0 Å². The number of fused-ring (bicyclic) bond motifs is 1. The quantitative estimate of drug-likeness (QED) is 0.562. The Morgan fingerprint density at radius 1 is 1.29 bits per heavy atom. The molecular weight excluding hydrogens is 237 g/mol. The Hall–Kier alpha value is -1.56. The van der Waals surface area contributed by atoms with Crippen LogP contribution < -0.4 is 0 Å². The van der Waals surface area contributed by atoms with E-state index in [1.165, 1.54) is 12.1 Å². The molecule has 0 saturated carbocycles. The van der Waals surface area contributed by atoms with Gasteiger partial charge in [0.05, 0.1) is 17.7 Å². The monoisotopic (exact) mass is 244 g/mol. The molecule has 1 fully saturated rings. The number of rotatable bonds is 1. The molecule has 1 saturated heterocycles. The Bertz CT molecular complexity index is 503. The molecule has 2 heterocycles. The average molecular weight is 244 g/mol. The van der Waals surface area contributed by atoms with E-state index in [-0.39, 0.29) is 29.9 Å². The molecule has 0 bridgehead atoms. The number of alkyl halides is 3. The summed E-state index contributed by atoms with van der Waals surface area (Å²) in [5.74, 6) is -0.700. The summed E-state index contributed by atoms with van der Waals surface area (Å²) in [4.78, 5) is 11.2. The van der Waals surface area contributed by atoms with E-state index in [4.69, 9.17) is 4.74 Å². The van der Waals surface area contributed by atoms with E-state index in [0.29, 0.717) is 0 Å². The molecule has 0 aromatic heterocycles. The second-order valence-corrected chi connectivity index (χ2v) is 3.95. The zero-order valence-electron chi connectivity index (χ0n) is 8.50. The van der Waals surface area contributed by atoms with Gasteiger partial charge in [0.2, 0.25) is 0 Å². The van der Waals surface area contributed by atoms with Gasteiger partial charge in [-0.15, -0.1) is 0 Å². The lowest BCUT2D eigenvalue weighted by atomic mass is 9.95. The van der Waals surface area contributed by atoms with Gasteiger partial charge in [-0.05, 0) is 11.6 Å². The van der Waals surface area contributed by atoms with E-state index < -0.39 is 23.8 Å². The normalized spacial score (nSPS) is 22.3. The molecule has 0 N–H and O–H groups in total. The van der Waals surface area contributed by atoms with Gasteiger partial charge in [0, 0.05) is 5.56 Å². The fourth-order valence-electron chi connectivity index (χ4n) is 2.05. The van der Waals surface area contributed by atoms with Crippen molar-refractivity contribution in [2.24, 2.45) is 0 Å². The number of ether oxygens (including phenoxy) is 2. The van der Waals surface area contributed by atoms with E-state index in [1.807, 2.05) is 0 Å². The molecule has 1 aromatic rings. The molecule has 1 atom stereocenters. The Morgan fingerprint density at radius 2 is 2.00 bits per heavy atom. The van der Waals surface area contributed by atoms with Crippen LogP contribution >= 0.6 is 0 Å². The topological polar surface area (TPSA) is 38.8 Å². The molecule has 0 unspecified atom stereocenters. The number of epoxide rings is 1. The highest BCUT2D eigenvalue weighted by Crippen LogP contribution is 2.44. The Morgan fingerprint density at radius 3 is 2.59 bits per heavy atom. The van der Waals surface area contributed by atoms with Crippen molar-refractivity contribution >= 4 is 5.97 Å². The molecule has 3 nitrogen and oxygen atoms in total. The lowest BCUT2D eigenvalue weighted by Gasteiger charge is -2.14. The number of halogens is 3. The van der Waals surface area contributed by atoms with Gasteiger partial charge in [0.1, 0.15) is 12.7 Å². The van der Waals surface area contributed by atoms with Crippen molar-refractivity contribution in [3.05, 3.63) is 34.4 Å². The van der Waals surface area contributed by atoms with E-state index in [9.17, 15) is 18.0 Å². The molecule has 0 radical (unpaired) electrons. The van der Waals surface area contributed by atoms with Crippen molar-refractivity contribution < 1.29 is 27.4 Å². The summed E-state index contributed by atoms with van der Waals surface area (Å²) < 4.78 is 48.5. The van der Waals surface area contributed by atoms with Gasteiger partial charge in [-0.2, -0.15) is 13.2 Å². The van der Waals surface area contributed by atoms with Crippen molar-refractivity contribution in [3.63, 3.8) is 0 Å². The number of hydrogen-bond donors (Lipinski definition) is 0. The fraction of sp³-hybridized carbons (Fsp3) is 0.364. The van der Waals surface area contributed by atoms with E-state index in [2.05, 4.69) is 4.74 Å². The van der Waals surface area contributed by atoms with Gasteiger partial charge in [0.15, 0.2) is 0 Å². The number of carbonyl (C=O) groups excluding carboxylic acids is 1. The Labute approximate surface area is 94.1 Å². The fourth-order valence-corrected chi connectivity index (χ4v) is 2.05. The summed E-state index contributed by atoms with van der Waals surface area (Å²) in [5.41, 5.74) is -0.755. The maximum Gasteiger partial charge on any atom is 0.417 e. The first kappa shape index (κ1) is 10.6. The van der Waals surface area contributed by atoms with Crippen LogP contribution in [0.15, 0.2) is 12.1 Å². The summed E-state index contributed by atoms with van der Waals surface area (Å²) in [6.45, 7) is -0.0275. The number of benzene rings is 1. The first-order valence-electron chi connectivity index (χ1n) is 5.00. The van der Waals surface area contributed by atoms with Crippen molar-refractivity contribution in [2.45, 2.75) is 18.9 Å². The number of carbonyl (C=O) groups is 1. The first-order chi connectivity index (χ1) is 7.98. The third kappa shape index (κ3) is 1.59. The average Bonchev–Trinajstić information content (AvgIpc) is 3.02. The van der Waals surface area contributed by atoms with Gasteiger partial charge in [-0.3, -0.25) is 0 Å². The number of esters is 1. The third-order valence-corrected chi connectivity index (χ3v) is 2.88. The molecule has 90 valence electrons. The minimum absolute atomic E-state index is 0.00160. The highest BCUT2D eigenvalue weighted by atomic mass is 19.4. The van der Waals surface area contributed by atoms with Crippen LogP contribution in [0.25, 0.3) is 0 Å². The van der Waals surface area contributed by atoms with Crippen molar-refractivity contribution in [1.29, 1.82) is 0 Å². The summed E-state index contributed by atoms with van der Waals surface area (Å²) in [7, 11) is 0. The number of hydrogen-bond acceptors (Lipinski definition) is 3. The van der Waals surface area contributed by atoms with E-state index in [0.717, 1.165) is 0 Å². The Kier molecular flexibility index (Phi) is 2.01. The minimum atomic E-state index is -4.50. The van der Waals surface area contributed by atoms with Crippen LogP contribution in [0.1, 0.15) is 33.2 Å². The van der Waals surface area contributed by atoms with Crippen LogP contribution in [-0.2, 0) is 22.3 Å². The van der Waals surface area contributed by atoms with Gasteiger partial charge in [-0.25, -0.2) is 4.79 Å². The molecule has 2 aliphatic rings. The van der Waals surface area contributed by atoms with Crippen LogP contribution in [0.5, 0.6) is 0 Å². The maximum atomic E-state index is 13.0. The summed E-state index contributed by atoms with van der Waals surface area (Å²) in [6, 6.07) is 2.67. The minimum Gasteiger partial charge on any atom is -0.457 e. The van der Waals surface area contributed by atoms with Crippen LogP contribution in [0.3, 0.4) is 0 Å². The largest absolute Gasteiger partial charge is 0.457 e. The summed E-state index contributed by atoms with van der Waals surface area (Å²) >= 11 is 0. The van der Waals surface area contributed by atoms with Crippen LogP contribution in [0, 0.1) is 0 Å². The number of cyclic esters (lactones) is 1. The third-order valence-electron chi connectivity index (χ3n) is 2.88. The smallest absolute Gasteiger partial charge is 0.417 e. The second kappa shape index (κ2) is 3.22. The van der Waals surface area contributed by atoms with Gasteiger partial charge in [-0.1, -0.05) is 6.07 Å². The van der Waals surface area contributed by atoms with E-state index in [1.54, 1.807) is 0 Å². The molecular formula is C11H7F3O3. The maximum absolute atomic E-state index is 13.0. The molecule has 0 spiro atoms. The van der Waals surface area contributed by atoms with Gasteiger partial charge < -0.3 is 9.47 Å². The predicted molar refractivity (Wildman–Crippen MR) is 49.3 cm³/mol. The van der Waals surface area contributed by atoms with Crippen LogP contribution in [0.4, 0.5) is 13.2 Å². The molecule has 3 rings (SSSR count). The molecule has 1 aromatic carbocycles. The molecule has 0 aliphatic carbocycles. The van der Waals surface area contributed by atoms with Crippen molar-refractivity contribution in [3.8, 4) is 0 Å². The zero-order valence-corrected chi connectivity index (χ0v) is 8.50. The molecule has 6 heteroatoms. The van der Waals surface area contributed by atoms with Crippen molar-refractivity contribution in [1.82, 2.24) is 0 Å². The summed E-state index contributed by atoms with van der Waals surface area (Å²) in [6.07, 6.45) is -5.01. The predicted octanol–water partition coefficient (Wildman–Crippen LogP) is 2.45. The molecule has 2 aliphatic heterocycles. The zero-order chi connectivity index (χ0) is 12.2.